The van der Waals surface area contributed by atoms with Crippen molar-refractivity contribution in [1.82, 2.24) is 5.32 Å². The zero-order valence-electron chi connectivity index (χ0n) is 8.76. The van der Waals surface area contributed by atoms with Crippen molar-refractivity contribution >= 4 is 5.97 Å². The average Bonchev–Trinajstić information content (AvgIpc) is 1.95. The second-order valence-corrected chi connectivity index (χ2v) is 3.97. The number of hydrogen-bond donors (Lipinski definition) is 2. The van der Waals surface area contributed by atoms with Crippen LogP contribution in [-0.2, 0) is 9.53 Å². The van der Waals surface area contributed by atoms with Gasteiger partial charge in [0.2, 0.25) is 0 Å². The summed E-state index contributed by atoms with van der Waals surface area (Å²) in [4.78, 5) is 10.4. The number of carboxylic acid groups (broad SMARTS) is 1. The summed E-state index contributed by atoms with van der Waals surface area (Å²) in [5.41, 5.74) is -0.159. The second-order valence-electron chi connectivity index (χ2n) is 3.97. The number of aliphatic carboxylic acids is 1. The van der Waals surface area contributed by atoms with Crippen molar-refractivity contribution in [2.75, 3.05) is 13.2 Å². The van der Waals surface area contributed by atoms with Crippen LogP contribution in [0.4, 0.5) is 0 Å². The fraction of sp³-hybridized carbons (Fsp3) is 0.889. The summed E-state index contributed by atoms with van der Waals surface area (Å²) in [5.74, 6) is -0.837. The minimum Gasteiger partial charge on any atom is -0.480 e. The van der Waals surface area contributed by atoms with E-state index < -0.39 is 12.0 Å². The van der Waals surface area contributed by atoms with Crippen molar-refractivity contribution in [2.45, 2.75) is 39.3 Å². The van der Waals surface area contributed by atoms with Crippen LogP contribution in [-0.4, -0.2) is 35.9 Å². The van der Waals surface area contributed by atoms with Crippen LogP contribution in [0.3, 0.4) is 0 Å². The average molecular weight is 189 g/mol. The van der Waals surface area contributed by atoms with Crippen molar-refractivity contribution < 1.29 is 14.6 Å². The zero-order valence-corrected chi connectivity index (χ0v) is 8.76. The SMILES string of the molecule is CC(NCCOC(C)(C)C)C(=O)O. The Morgan fingerprint density at radius 2 is 2.08 bits per heavy atom. The lowest BCUT2D eigenvalue weighted by Gasteiger charge is -2.20. The second kappa shape index (κ2) is 5.19. The Bertz CT molecular complexity index is 163. The molecule has 1 atom stereocenters. The van der Waals surface area contributed by atoms with E-state index >= 15 is 0 Å². The number of nitrogens with one attached hydrogen (secondary N) is 1. The van der Waals surface area contributed by atoms with Gasteiger partial charge in [-0.15, -0.1) is 0 Å². The van der Waals surface area contributed by atoms with E-state index in [1.54, 1.807) is 6.92 Å². The van der Waals surface area contributed by atoms with Crippen LogP contribution in [0.1, 0.15) is 27.7 Å². The first-order valence-corrected chi connectivity index (χ1v) is 4.43. The molecule has 0 aliphatic rings. The first-order chi connectivity index (χ1) is 5.83. The van der Waals surface area contributed by atoms with E-state index in [2.05, 4.69) is 5.32 Å². The van der Waals surface area contributed by atoms with Gasteiger partial charge in [0.1, 0.15) is 6.04 Å². The number of carbonyl (C=O) groups is 1. The fourth-order valence-corrected chi connectivity index (χ4v) is 0.720. The maximum absolute atomic E-state index is 10.4. The molecule has 2 N–H and O–H groups in total. The quantitative estimate of drug-likeness (QED) is 0.630. The van der Waals surface area contributed by atoms with E-state index in [0.29, 0.717) is 13.2 Å². The molecule has 0 saturated heterocycles. The topological polar surface area (TPSA) is 58.6 Å². The molecule has 1 unspecified atom stereocenters. The Morgan fingerprint density at radius 1 is 1.54 bits per heavy atom. The number of ether oxygens (including phenoxy) is 1. The largest absolute Gasteiger partial charge is 0.480 e. The van der Waals surface area contributed by atoms with Gasteiger partial charge < -0.3 is 15.2 Å². The molecule has 0 amide bonds. The first-order valence-electron chi connectivity index (χ1n) is 4.43. The Labute approximate surface area is 79.3 Å². The van der Waals surface area contributed by atoms with Crippen molar-refractivity contribution in [3.8, 4) is 0 Å². The van der Waals surface area contributed by atoms with Gasteiger partial charge in [-0.1, -0.05) is 0 Å². The lowest BCUT2D eigenvalue weighted by Crippen LogP contribution is -2.37. The molecule has 0 aliphatic heterocycles. The maximum Gasteiger partial charge on any atom is 0.320 e. The zero-order chi connectivity index (χ0) is 10.5. The molecule has 0 heterocycles. The van der Waals surface area contributed by atoms with Gasteiger partial charge in [-0.25, -0.2) is 0 Å². The molecule has 0 fully saturated rings. The van der Waals surface area contributed by atoms with Crippen LogP contribution in [0.15, 0.2) is 0 Å². The molecule has 0 aliphatic carbocycles. The fourth-order valence-electron chi connectivity index (χ4n) is 0.720. The Hall–Kier alpha value is -0.610. The molecule has 4 nitrogen and oxygen atoms in total. The molecule has 0 spiro atoms. The minimum absolute atomic E-state index is 0.159. The highest BCUT2D eigenvalue weighted by Crippen LogP contribution is 2.05. The van der Waals surface area contributed by atoms with E-state index in [0.717, 1.165) is 0 Å². The van der Waals surface area contributed by atoms with Crippen LogP contribution >= 0.6 is 0 Å². The van der Waals surface area contributed by atoms with Gasteiger partial charge in [-0.05, 0) is 27.7 Å². The van der Waals surface area contributed by atoms with Crippen molar-refractivity contribution in [2.24, 2.45) is 0 Å². The van der Waals surface area contributed by atoms with Crippen molar-refractivity contribution in [3.63, 3.8) is 0 Å². The van der Waals surface area contributed by atoms with Crippen LogP contribution in [0.5, 0.6) is 0 Å². The molecule has 0 radical (unpaired) electrons. The van der Waals surface area contributed by atoms with Crippen molar-refractivity contribution in [3.05, 3.63) is 0 Å². The molecule has 78 valence electrons. The molecule has 0 aromatic rings. The van der Waals surface area contributed by atoms with E-state index in [1.165, 1.54) is 0 Å². The molecule has 0 aromatic carbocycles. The number of hydrogen-bond acceptors (Lipinski definition) is 3. The summed E-state index contributed by atoms with van der Waals surface area (Å²) in [6.07, 6.45) is 0. The highest BCUT2D eigenvalue weighted by molar-refractivity contribution is 5.72. The summed E-state index contributed by atoms with van der Waals surface area (Å²) in [5, 5.41) is 11.4. The van der Waals surface area contributed by atoms with E-state index in [9.17, 15) is 4.79 Å². The van der Waals surface area contributed by atoms with Gasteiger partial charge in [-0.2, -0.15) is 0 Å². The standard InChI is InChI=1S/C9H19NO3/c1-7(8(11)12)10-5-6-13-9(2,3)4/h7,10H,5-6H2,1-4H3,(H,11,12). The Balaban J connectivity index is 3.41. The van der Waals surface area contributed by atoms with Crippen LogP contribution in [0.25, 0.3) is 0 Å². The van der Waals surface area contributed by atoms with Gasteiger partial charge in [0.15, 0.2) is 0 Å². The van der Waals surface area contributed by atoms with E-state index in [4.69, 9.17) is 9.84 Å². The van der Waals surface area contributed by atoms with Gasteiger partial charge in [0.25, 0.3) is 0 Å². The van der Waals surface area contributed by atoms with Crippen LogP contribution in [0, 0.1) is 0 Å². The lowest BCUT2D eigenvalue weighted by atomic mass is 10.2. The normalized spacial score (nSPS) is 14.2. The smallest absolute Gasteiger partial charge is 0.320 e. The predicted molar refractivity (Wildman–Crippen MR) is 50.8 cm³/mol. The predicted octanol–water partition coefficient (Wildman–Crippen LogP) is 0.864. The highest BCUT2D eigenvalue weighted by Gasteiger charge is 2.11. The Morgan fingerprint density at radius 3 is 2.46 bits per heavy atom. The number of rotatable bonds is 5. The third kappa shape index (κ3) is 7.74. The van der Waals surface area contributed by atoms with E-state index in [-0.39, 0.29) is 5.60 Å². The third-order valence-corrected chi connectivity index (χ3v) is 1.46. The molecule has 4 heteroatoms. The first kappa shape index (κ1) is 12.4. The summed E-state index contributed by atoms with van der Waals surface area (Å²) in [7, 11) is 0. The van der Waals surface area contributed by atoms with Crippen LogP contribution in [0.2, 0.25) is 0 Å². The molecule has 0 bridgehead atoms. The monoisotopic (exact) mass is 189 g/mol. The molecule has 0 rings (SSSR count). The summed E-state index contributed by atoms with van der Waals surface area (Å²) >= 11 is 0. The minimum atomic E-state index is -0.837. The van der Waals surface area contributed by atoms with Crippen LogP contribution < -0.4 is 5.32 Å². The molecular weight excluding hydrogens is 170 g/mol. The van der Waals surface area contributed by atoms with Gasteiger partial charge in [-0.3, -0.25) is 4.79 Å². The molecule has 13 heavy (non-hydrogen) atoms. The Kier molecular flexibility index (Phi) is 4.95. The van der Waals surface area contributed by atoms with E-state index in [1.807, 2.05) is 20.8 Å². The van der Waals surface area contributed by atoms with Gasteiger partial charge in [0.05, 0.1) is 12.2 Å². The summed E-state index contributed by atoms with van der Waals surface area (Å²) in [6, 6.07) is -0.511. The maximum atomic E-state index is 10.4. The molecular formula is C9H19NO3. The van der Waals surface area contributed by atoms with Gasteiger partial charge >= 0.3 is 5.97 Å². The third-order valence-electron chi connectivity index (χ3n) is 1.46. The summed E-state index contributed by atoms with van der Waals surface area (Å²) < 4.78 is 5.40. The van der Waals surface area contributed by atoms with Gasteiger partial charge in [0, 0.05) is 6.54 Å². The molecule has 0 saturated carbocycles. The molecule has 0 aromatic heterocycles. The van der Waals surface area contributed by atoms with Crippen molar-refractivity contribution in [1.29, 1.82) is 0 Å². The lowest BCUT2D eigenvalue weighted by molar-refractivity contribution is -0.139. The summed E-state index contributed by atoms with van der Waals surface area (Å²) in [6.45, 7) is 8.60. The number of carboxylic acids is 1. The highest BCUT2D eigenvalue weighted by atomic mass is 16.5.